The maximum Gasteiger partial charge on any atom is 0.247 e. The molecule has 2 atom stereocenters. The molecule has 106 valence electrons. The van der Waals surface area contributed by atoms with Gasteiger partial charge in [0.2, 0.25) is 11.8 Å². The van der Waals surface area contributed by atoms with Crippen molar-refractivity contribution in [3.05, 3.63) is 35.9 Å². The second-order valence-electron chi connectivity index (χ2n) is 5.38. The molecular weight excluding hydrogens is 256 g/mol. The van der Waals surface area contributed by atoms with Crippen LogP contribution in [0, 0.1) is 0 Å². The summed E-state index contributed by atoms with van der Waals surface area (Å²) in [6, 6.07) is 9.14. The molecule has 1 unspecified atom stereocenters. The van der Waals surface area contributed by atoms with E-state index in [0.29, 0.717) is 19.4 Å². The number of piperazine rings is 1. The molecule has 2 aliphatic heterocycles. The molecule has 0 bridgehead atoms. The number of hydrogen-bond donors (Lipinski definition) is 1. The molecule has 1 aromatic rings. The zero-order valence-electron chi connectivity index (χ0n) is 11.2. The van der Waals surface area contributed by atoms with Gasteiger partial charge in [0, 0.05) is 13.0 Å². The van der Waals surface area contributed by atoms with Gasteiger partial charge >= 0.3 is 0 Å². The first kappa shape index (κ1) is 13.1. The molecule has 2 fully saturated rings. The Morgan fingerprint density at radius 2 is 2.00 bits per heavy atom. The Balaban J connectivity index is 1.73. The Morgan fingerprint density at radius 3 is 2.75 bits per heavy atom. The monoisotopic (exact) mass is 274 g/mol. The molecule has 5 nitrogen and oxygen atoms in total. The van der Waals surface area contributed by atoms with Crippen molar-refractivity contribution in [1.29, 1.82) is 0 Å². The van der Waals surface area contributed by atoms with E-state index < -0.39 is 6.23 Å². The average molecular weight is 274 g/mol. The fourth-order valence-electron chi connectivity index (χ4n) is 3.02. The highest BCUT2D eigenvalue weighted by molar-refractivity contribution is 5.95. The molecule has 2 amide bonds. The third-order valence-corrected chi connectivity index (χ3v) is 4.07. The molecule has 0 spiro atoms. The number of nitrogens with zero attached hydrogens (tertiary/aromatic N) is 2. The van der Waals surface area contributed by atoms with Crippen molar-refractivity contribution in [2.75, 3.05) is 13.1 Å². The lowest BCUT2D eigenvalue weighted by molar-refractivity contribution is -0.163. The van der Waals surface area contributed by atoms with Crippen LogP contribution in [-0.2, 0) is 16.0 Å². The van der Waals surface area contributed by atoms with Crippen molar-refractivity contribution >= 4 is 11.8 Å². The number of carbonyl (C=O) groups is 2. The number of benzene rings is 1. The third-order valence-electron chi connectivity index (χ3n) is 4.07. The summed E-state index contributed by atoms with van der Waals surface area (Å²) in [5, 5.41) is 10.3. The number of fused-ring (bicyclic) bond motifs is 1. The third kappa shape index (κ3) is 2.29. The van der Waals surface area contributed by atoms with Crippen LogP contribution in [0.25, 0.3) is 0 Å². The molecule has 2 saturated heterocycles. The first-order chi connectivity index (χ1) is 9.66. The molecule has 2 aliphatic rings. The van der Waals surface area contributed by atoms with Crippen LogP contribution in [0.4, 0.5) is 0 Å². The van der Waals surface area contributed by atoms with Gasteiger partial charge in [-0.25, -0.2) is 0 Å². The summed E-state index contributed by atoms with van der Waals surface area (Å²) >= 11 is 0. The van der Waals surface area contributed by atoms with Crippen molar-refractivity contribution < 1.29 is 14.7 Å². The largest absolute Gasteiger partial charge is 0.373 e. The predicted molar refractivity (Wildman–Crippen MR) is 72.6 cm³/mol. The number of amides is 2. The van der Waals surface area contributed by atoms with E-state index in [1.807, 2.05) is 30.3 Å². The van der Waals surface area contributed by atoms with Crippen LogP contribution in [0.15, 0.2) is 30.3 Å². The molecule has 20 heavy (non-hydrogen) atoms. The maximum atomic E-state index is 12.4. The van der Waals surface area contributed by atoms with Crippen LogP contribution in [-0.4, -0.2) is 52.1 Å². The topological polar surface area (TPSA) is 60.9 Å². The zero-order valence-corrected chi connectivity index (χ0v) is 11.2. The van der Waals surface area contributed by atoms with E-state index in [-0.39, 0.29) is 24.4 Å². The predicted octanol–water partition coefficient (Wildman–Crippen LogP) is 0.381. The fourth-order valence-corrected chi connectivity index (χ4v) is 3.02. The van der Waals surface area contributed by atoms with Gasteiger partial charge in [-0.2, -0.15) is 0 Å². The fraction of sp³-hybridized carbons (Fsp3) is 0.467. The minimum Gasteiger partial charge on any atom is -0.373 e. The second kappa shape index (κ2) is 5.25. The van der Waals surface area contributed by atoms with Crippen molar-refractivity contribution in [3.63, 3.8) is 0 Å². The zero-order chi connectivity index (χ0) is 14.1. The smallest absolute Gasteiger partial charge is 0.247 e. The van der Waals surface area contributed by atoms with E-state index in [0.717, 1.165) is 12.0 Å². The van der Waals surface area contributed by atoms with Crippen LogP contribution in [0.2, 0.25) is 0 Å². The Kier molecular flexibility index (Phi) is 3.44. The van der Waals surface area contributed by atoms with E-state index in [2.05, 4.69) is 0 Å². The molecule has 3 rings (SSSR count). The highest BCUT2D eigenvalue weighted by atomic mass is 16.3. The summed E-state index contributed by atoms with van der Waals surface area (Å²) in [6.07, 6.45) is 0.993. The molecule has 0 saturated carbocycles. The number of hydrogen-bond acceptors (Lipinski definition) is 3. The van der Waals surface area contributed by atoms with Crippen LogP contribution >= 0.6 is 0 Å². The van der Waals surface area contributed by atoms with Crippen molar-refractivity contribution in [3.8, 4) is 0 Å². The van der Waals surface area contributed by atoms with Crippen molar-refractivity contribution in [2.45, 2.75) is 31.5 Å². The van der Waals surface area contributed by atoms with Gasteiger partial charge < -0.3 is 14.9 Å². The first-order valence-electron chi connectivity index (χ1n) is 6.99. The Bertz CT molecular complexity index is 517. The van der Waals surface area contributed by atoms with E-state index >= 15 is 0 Å². The van der Waals surface area contributed by atoms with Crippen LogP contribution in [0.5, 0.6) is 0 Å². The Hall–Kier alpha value is -1.88. The van der Waals surface area contributed by atoms with Crippen LogP contribution in [0.3, 0.4) is 0 Å². The number of aliphatic hydroxyl groups is 1. The normalized spacial score (nSPS) is 23.9. The van der Waals surface area contributed by atoms with E-state index in [1.165, 1.54) is 4.90 Å². The van der Waals surface area contributed by atoms with Gasteiger partial charge in [0.1, 0.15) is 18.8 Å². The molecule has 1 N–H and O–H groups in total. The number of carbonyl (C=O) groups excluding carboxylic acids is 2. The molecule has 0 aliphatic carbocycles. The molecule has 0 radical (unpaired) electrons. The maximum absolute atomic E-state index is 12.4. The van der Waals surface area contributed by atoms with Gasteiger partial charge in [-0.05, 0) is 18.4 Å². The quantitative estimate of drug-likeness (QED) is 0.867. The second-order valence-corrected chi connectivity index (χ2v) is 5.38. The van der Waals surface area contributed by atoms with Crippen LogP contribution < -0.4 is 0 Å². The minimum absolute atomic E-state index is 0.0106. The summed E-state index contributed by atoms with van der Waals surface area (Å²) in [6.45, 7) is 0.654. The summed E-state index contributed by atoms with van der Waals surface area (Å²) in [5.74, 6) is -0.176. The summed E-state index contributed by atoms with van der Waals surface area (Å²) in [4.78, 5) is 27.3. The van der Waals surface area contributed by atoms with Gasteiger partial charge in [-0.15, -0.1) is 0 Å². The van der Waals surface area contributed by atoms with Crippen molar-refractivity contribution in [2.24, 2.45) is 0 Å². The van der Waals surface area contributed by atoms with Crippen molar-refractivity contribution in [1.82, 2.24) is 9.80 Å². The highest BCUT2D eigenvalue weighted by Crippen LogP contribution is 2.25. The number of rotatable bonds is 3. The molecule has 1 aromatic carbocycles. The van der Waals surface area contributed by atoms with Gasteiger partial charge in [0.15, 0.2) is 0 Å². The first-order valence-corrected chi connectivity index (χ1v) is 6.99. The minimum atomic E-state index is -0.934. The Labute approximate surface area is 117 Å². The lowest BCUT2D eigenvalue weighted by atomic mass is 10.1. The SMILES string of the molecule is O=C1CN([C@@H](O)Cc2ccccc2)C(=O)C2CCCN12. The van der Waals surface area contributed by atoms with E-state index in [1.54, 1.807) is 4.90 Å². The van der Waals surface area contributed by atoms with Gasteiger partial charge in [-0.3, -0.25) is 9.59 Å². The average Bonchev–Trinajstić information content (AvgIpc) is 2.94. The Morgan fingerprint density at radius 1 is 1.25 bits per heavy atom. The summed E-state index contributed by atoms with van der Waals surface area (Å²) in [7, 11) is 0. The summed E-state index contributed by atoms with van der Waals surface area (Å²) in [5.41, 5.74) is 0.953. The molecular formula is C15H18N2O3. The molecule has 0 aromatic heterocycles. The lowest BCUT2D eigenvalue weighted by Gasteiger charge is -2.38. The lowest BCUT2D eigenvalue weighted by Crippen LogP contribution is -2.60. The summed E-state index contributed by atoms with van der Waals surface area (Å²) < 4.78 is 0. The highest BCUT2D eigenvalue weighted by Gasteiger charge is 2.43. The van der Waals surface area contributed by atoms with Gasteiger partial charge in [0.05, 0.1) is 0 Å². The standard InChI is InChI=1S/C15H18N2O3/c18-13(9-11-5-2-1-3-6-11)17-10-14(19)16-8-4-7-12(16)15(17)20/h1-3,5-6,12-13,18H,4,7-10H2/t12?,13-/m0/s1. The molecule has 5 heteroatoms. The number of aliphatic hydroxyl groups excluding tert-OH is 1. The van der Waals surface area contributed by atoms with E-state index in [9.17, 15) is 14.7 Å². The van der Waals surface area contributed by atoms with Gasteiger partial charge in [-0.1, -0.05) is 30.3 Å². The van der Waals surface area contributed by atoms with Crippen LogP contribution in [0.1, 0.15) is 18.4 Å². The van der Waals surface area contributed by atoms with E-state index in [4.69, 9.17) is 0 Å². The van der Waals surface area contributed by atoms with Gasteiger partial charge in [0.25, 0.3) is 0 Å². The molecule has 2 heterocycles.